The maximum Gasteiger partial charge on any atom is 0.123 e. The van der Waals surface area contributed by atoms with Crippen LogP contribution in [0.4, 0.5) is 4.39 Å². The average molecular weight is 183 g/mol. The largest absolute Gasteiger partial charge is 0.395 e. The zero-order valence-electron chi connectivity index (χ0n) is 7.63. The van der Waals surface area contributed by atoms with Crippen molar-refractivity contribution in [2.75, 3.05) is 6.61 Å². The van der Waals surface area contributed by atoms with Crippen molar-refractivity contribution in [2.45, 2.75) is 19.4 Å². The second kappa shape index (κ2) is 4.35. The SMILES string of the molecule is Cc1ccc(F)cc1CC(N)CO. The molecule has 0 radical (unpaired) electrons. The van der Waals surface area contributed by atoms with Gasteiger partial charge in [-0.05, 0) is 36.6 Å². The summed E-state index contributed by atoms with van der Waals surface area (Å²) in [5, 5.41) is 8.74. The molecule has 0 fully saturated rings. The molecule has 0 amide bonds. The minimum absolute atomic E-state index is 0.0735. The Morgan fingerprint density at radius 1 is 1.54 bits per heavy atom. The van der Waals surface area contributed by atoms with Crippen molar-refractivity contribution >= 4 is 0 Å². The van der Waals surface area contributed by atoms with Crippen LogP contribution in [0.5, 0.6) is 0 Å². The first-order valence-corrected chi connectivity index (χ1v) is 4.25. The van der Waals surface area contributed by atoms with Crippen LogP contribution in [0.15, 0.2) is 18.2 Å². The summed E-state index contributed by atoms with van der Waals surface area (Å²) in [4.78, 5) is 0. The lowest BCUT2D eigenvalue weighted by molar-refractivity contribution is 0.265. The predicted octanol–water partition coefficient (Wildman–Crippen LogP) is 0.996. The number of rotatable bonds is 3. The van der Waals surface area contributed by atoms with Crippen LogP contribution in [0.3, 0.4) is 0 Å². The molecule has 0 spiro atoms. The molecule has 1 atom stereocenters. The number of hydrogen-bond acceptors (Lipinski definition) is 2. The molecule has 0 heterocycles. The Bertz CT molecular complexity index is 288. The first-order chi connectivity index (χ1) is 6.13. The highest BCUT2D eigenvalue weighted by atomic mass is 19.1. The molecule has 72 valence electrons. The molecule has 0 saturated carbocycles. The van der Waals surface area contributed by atoms with Gasteiger partial charge in [0.05, 0.1) is 6.61 Å². The number of nitrogens with two attached hydrogens (primary N) is 1. The van der Waals surface area contributed by atoms with Gasteiger partial charge in [-0.15, -0.1) is 0 Å². The molecule has 0 bridgehead atoms. The summed E-state index contributed by atoms with van der Waals surface area (Å²) in [7, 11) is 0. The quantitative estimate of drug-likeness (QED) is 0.734. The van der Waals surface area contributed by atoms with Gasteiger partial charge < -0.3 is 10.8 Å². The second-order valence-corrected chi connectivity index (χ2v) is 3.22. The summed E-state index contributed by atoms with van der Waals surface area (Å²) in [5.41, 5.74) is 7.42. The molecule has 3 heteroatoms. The van der Waals surface area contributed by atoms with E-state index in [1.807, 2.05) is 6.92 Å². The van der Waals surface area contributed by atoms with Crippen LogP contribution in [-0.2, 0) is 6.42 Å². The molecule has 0 aliphatic carbocycles. The monoisotopic (exact) mass is 183 g/mol. The van der Waals surface area contributed by atoms with Gasteiger partial charge in [-0.25, -0.2) is 4.39 Å². The van der Waals surface area contributed by atoms with E-state index < -0.39 is 0 Å². The number of benzene rings is 1. The molecule has 1 aromatic rings. The highest BCUT2D eigenvalue weighted by Gasteiger charge is 2.05. The van der Waals surface area contributed by atoms with Gasteiger partial charge in [-0.3, -0.25) is 0 Å². The van der Waals surface area contributed by atoms with Gasteiger partial charge in [-0.2, -0.15) is 0 Å². The van der Waals surface area contributed by atoms with Gasteiger partial charge in [0.2, 0.25) is 0 Å². The second-order valence-electron chi connectivity index (χ2n) is 3.22. The Morgan fingerprint density at radius 2 is 2.23 bits per heavy atom. The van der Waals surface area contributed by atoms with Crippen LogP contribution in [0.25, 0.3) is 0 Å². The summed E-state index contributed by atoms with van der Waals surface area (Å²) in [6, 6.07) is 4.30. The van der Waals surface area contributed by atoms with Crippen molar-refractivity contribution in [3.8, 4) is 0 Å². The standard InChI is InChI=1S/C10H14FNO/c1-7-2-3-9(11)4-8(7)5-10(12)6-13/h2-4,10,13H,5-6,12H2,1H3. The number of halogens is 1. The summed E-state index contributed by atoms with van der Waals surface area (Å²) < 4.78 is 12.8. The third-order valence-corrected chi connectivity index (χ3v) is 2.03. The van der Waals surface area contributed by atoms with Gasteiger partial charge in [0.1, 0.15) is 5.82 Å². The van der Waals surface area contributed by atoms with Crippen molar-refractivity contribution in [3.63, 3.8) is 0 Å². The van der Waals surface area contributed by atoms with E-state index in [9.17, 15) is 4.39 Å². The molecule has 0 saturated heterocycles. The molecular weight excluding hydrogens is 169 g/mol. The van der Waals surface area contributed by atoms with E-state index in [4.69, 9.17) is 10.8 Å². The average Bonchev–Trinajstić information content (AvgIpc) is 2.11. The van der Waals surface area contributed by atoms with Crippen LogP contribution in [0.2, 0.25) is 0 Å². The molecule has 1 aromatic carbocycles. The van der Waals surface area contributed by atoms with Gasteiger partial charge >= 0.3 is 0 Å². The van der Waals surface area contributed by atoms with Crippen molar-refractivity contribution in [2.24, 2.45) is 5.73 Å². The van der Waals surface area contributed by atoms with E-state index in [0.29, 0.717) is 6.42 Å². The maximum atomic E-state index is 12.8. The van der Waals surface area contributed by atoms with Crippen molar-refractivity contribution < 1.29 is 9.50 Å². The van der Waals surface area contributed by atoms with Gasteiger partial charge in [0, 0.05) is 6.04 Å². The van der Waals surface area contributed by atoms with Crippen molar-refractivity contribution in [1.29, 1.82) is 0 Å². The van der Waals surface area contributed by atoms with E-state index in [2.05, 4.69) is 0 Å². The fourth-order valence-electron chi connectivity index (χ4n) is 1.21. The summed E-state index contributed by atoms with van der Waals surface area (Å²) >= 11 is 0. The van der Waals surface area contributed by atoms with E-state index in [0.717, 1.165) is 11.1 Å². The molecule has 1 rings (SSSR count). The van der Waals surface area contributed by atoms with Crippen LogP contribution < -0.4 is 5.73 Å². The molecular formula is C10H14FNO. The van der Waals surface area contributed by atoms with E-state index in [1.165, 1.54) is 12.1 Å². The lowest BCUT2D eigenvalue weighted by Crippen LogP contribution is -2.27. The first-order valence-electron chi connectivity index (χ1n) is 4.25. The molecule has 1 unspecified atom stereocenters. The van der Waals surface area contributed by atoms with Crippen LogP contribution >= 0.6 is 0 Å². The van der Waals surface area contributed by atoms with Crippen molar-refractivity contribution in [3.05, 3.63) is 35.1 Å². The topological polar surface area (TPSA) is 46.2 Å². The number of aliphatic hydroxyl groups excluding tert-OH is 1. The Morgan fingerprint density at radius 3 is 2.85 bits per heavy atom. The Balaban J connectivity index is 2.81. The molecule has 2 nitrogen and oxygen atoms in total. The van der Waals surface area contributed by atoms with Gasteiger partial charge in [-0.1, -0.05) is 6.07 Å². The van der Waals surface area contributed by atoms with Crippen LogP contribution in [-0.4, -0.2) is 17.8 Å². The fourth-order valence-corrected chi connectivity index (χ4v) is 1.21. The van der Waals surface area contributed by atoms with E-state index in [1.54, 1.807) is 6.07 Å². The van der Waals surface area contributed by atoms with Gasteiger partial charge in [0.25, 0.3) is 0 Å². The van der Waals surface area contributed by atoms with Crippen LogP contribution in [0, 0.1) is 12.7 Å². The first kappa shape index (κ1) is 10.2. The zero-order valence-corrected chi connectivity index (χ0v) is 7.63. The normalized spacial score (nSPS) is 12.9. The Labute approximate surface area is 77.2 Å². The van der Waals surface area contributed by atoms with Crippen LogP contribution in [0.1, 0.15) is 11.1 Å². The molecule has 3 N–H and O–H groups in total. The van der Waals surface area contributed by atoms with Crippen molar-refractivity contribution in [1.82, 2.24) is 0 Å². The third-order valence-electron chi connectivity index (χ3n) is 2.03. The highest BCUT2D eigenvalue weighted by Crippen LogP contribution is 2.11. The Kier molecular flexibility index (Phi) is 3.39. The lowest BCUT2D eigenvalue weighted by atomic mass is 10.0. The molecule has 0 aromatic heterocycles. The maximum absolute atomic E-state index is 12.8. The number of aryl methyl sites for hydroxylation is 1. The lowest BCUT2D eigenvalue weighted by Gasteiger charge is -2.10. The summed E-state index contributed by atoms with van der Waals surface area (Å²) in [6.45, 7) is 1.83. The fraction of sp³-hybridized carbons (Fsp3) is 0.400. The van der Waals surface area contributed by atoms with Gasteiger partial charge in [0.15, 0.2) is 0 Å². The summed E-state index contributed by atoms with van der Waals surface area (Å²) in [6.07, 6.45) is 0.514. The van der Waals surface area contributed by atoms with E-state index in [-0.39, 0.29) is 18.5 Å². The summed E-state index contributed by atoms with van der Waals surface area (Å²) in [5.74, 6) is -0.259. The smallest absolute Gasteiger partial charge is 0.123 e. The predicted molar refractivity (Wildman–Crippen MR) is 49.9 cm³/mol. The third kappa shape index (κ3) is 2.79. The van der Waals surface area contributed by atoms with E-state index >= 15 is 0 Å². The highest BCUT2D eigenvalue weighted by molar-refractivity contribution is 5.27. The minimum atomic E-state index is -0.305. The minimum Gasteiger partial charge on any atom is -0.395 e. The molecule has 13 heavy (non-hydrogen) atoms. The Hall–Kier alpha value is -0.930. The molecule has 0 aliphatic heterocycles. The zero-order chi connectivity index (χ0) is 9.84. The molecule has 0 aliphatic rings. The number of hydrogen-bond donors (Lipinski definition) is 2. The number of aliphatic hydroxyl groups is 1.